The van der Waals surface area contributed by atoms with Crippen molar-refractivity contribution in [2.24, 2.45) is 5.92 Å². The molecule has 1 atom stereocenters. The second-order valence-corrected chi connectivity index (χ2v) is 6.72. The molecular formula is C20H21ClN2O2. The van der Waals surface area contributed by atoms with Gasteiger partial charge < -0.3 is 10.2 Å². The normalized spacial score (nSPS) is 17.0. The van der Waals surface area contributed by atoms with E-state index in [1.54, 1.807) is 17.0 Å². The van der Waals surface area contributed by atoms with E-state index in [9.17, 15) is 9.59 Å². The average molecular weight is 357 g/mol. The lowest BCUT2D eigenvalue weighted by atomic mass is 10.0. The van der Waals surface area contributed by atoms with E-state index in [1.807, 2.05) is 37.3 Å². The molecule has 0 aliphatic carbocycles. The first-order chi connectivity index (χ1) is 12.0. The summed E-state index contributed by atoms with van der Waals surface area (Å²) in [6, 6.07) is 13.1. The van der Waals surface area contributed by atoms with Crippen molar-refractivity contribution in [2.45, 2.75) is 26.7 Å². The Balaban J connectivity index is 1.79. The van der Waals surface area contributed by atoms with Crippen LogP contribution in [0.15, 0.2) is 42.5 Å². The van der Waals surface area contributed by atoms with Crippen molar-refractivity contribution in [3.63, 3.8) is 0 Å². The Hall–Kier alpha value is -2.33. The van der Waals surface area contributed by atoms with Crippen LogP contribution in [0.5, 0.6) is 0 Å². The van der Waals surface area contributed by atoms with Crippen LogP contribution in [-0.4, -0.2) is 18.4 Å². The van der Waals surface area contributed by atoms with Gasteiger partial charge in [0, 0.05) is 18.7 Å². The third kappa shape index (κ3) is 3.54. The molecule has 3 rings (SSSR count). The minimum absolute atomic E-state index is 0.0108. The first kappa shape index (κ1) is 17.5. The Bertz CT molecular complexity index is 819. The molecule has 0 saturated carbocycles. The van der Waals surface area contributed by atoms with E-state index in [0.717, 1.165) is 23.2 Å². The summed E-state index contributed by atoms with van der Waals surface area (Å²) in [4.78, 5) is 26.9. The van der Waals surface area contributed by atoms with Crippen LogP contribution in [0.3, 0.4) is 0 Å². The summed E-state index contributed by atoms with van der Waals surface area (Å²) in [6.07, 6.45) is 1.06. The molecule has 0 spiro atoms. The maximum absolute atomic E-state index is 12.6. The lowest BCUT2D eigenvalue weighted by molar-refractivity contribution is -0.122. The zero-order chi connectivity index (χ0) is 18.0. The highest BCUT2D eigenvalue weighted by molar-refractivity contribution is 6.33. The molecule has 1 N–H and O–H groups in total. The van der Waals surface area contributed by atoms with Gasteiger partial charge in [-0.05, 0) is 36.6 Å². The molecule has 0 bridgehead atoms. The van der Waals surface area contributed by atoms with Crippen molar-refractivity contribution in [3.05, 3.63) is 58.6 Å². The summed E-state index contributed by atoms with van der Waals surface area (Å²) in [5.74, 6) is -0.563. The first-order valence-electron chi connectivity index (χ1n) is 8.45. The van der Waals surface area contributed by atoms with E-state index in [0.29, 0.717) is 17.3 Å². The minimum atomic E-state index is -0.381. The van der Waals surface area contributed by atoms with Crippen LogP contribution in [0, 0.1) is 12.8 Å². The fourth-order valence-corrected chi connectivity index (χ4v) is 3.47. The largest absolute Gasteiger partial charge is 0.324 e. The molecule has 1 heterocycles. The van der Waals surface area contributed by atoms with Gasteiger partial charge in [-0.25, -0.2) is 0 Å². The van der Waals surface area contributed by atoms with Gasteiger partial charge in [-0.2, -0.15) is 0 Å². The lowest BCUT2D eigenvalue weighted by Crippen LogP contribution is -2.29. The molecule has 2 amide bonds. The number of amides is 2. The summed E-state index contributed by atoms with van der Waals surface area (Å²) < 4.78 is 0. The number of benzene rings is 2. The summed E-state index contributed by atoms with van der Waals surface area (Å²) in [5, 5.41) is 3.33. The van der Waals surface area contributed by atoms with Gasteiger partial charge >= 0.3 is 0 Å². The Labute approximate surface area is 152 Å². The maximum Gasteiger partial charge on any atom is 0.229 e. The molecule has 0 aromatic heterocycles. The van der Waals surface area contributed by atoms with Crippen molar-refractivity contribution in [3.8, 4) is 0 Å². The average Bonchev–Trinajstić information content (AvgIpc) is 2.98. The summed E-state index contributed by atoms with van der Waals surface area (Å²) in [5.41, 5.74) is 3.70. The third-order valence-electron chi connectivity index (χ3n) is 4.60. The van der Waals surface area contributed by atoms with Crippen LogP contribution >= 0.6 is 11.6 Å². The summed E-state index contributed by atoms with van der Waals surface area (Å²) in [7, 11) is 0. The highest BCUT2D eigenvalue weighted by atomic mass is 35.5. The lowest BCUT2D eigenvalue weighted by Gasteiger charge is -2.22. The quantitative estimate of drug-likeness (QED) is 0.892. The zero-order valence-corrected chi connectivity index (χ0v) is 15.1. The zero-order valence-electron chi connectivity index (χ0n) is 14.4. The fourth-order valence-electron chi connectivity index (χ4n) is 3.29. The van der Waals surface area contributed by atoms with E-state index in [4.69, 9.17) is 11.6 Å². The van der Waals surface area contributed by atoms with Gasteiger partial charge in [0.05, 0.1) is 16.6 Å². The molecule has 5 heteroatoms. The second-order valence-electron chi connectivity index (χ2n) is 6.31. The number of para-hydroxylation sites is 2. The molecule has 1 aliphatic rings. The third-order valence-corrected chi connectivity index (χ3v) is 4.93. The molecule has 130 valence electrons. The summed E-state index contributed by atoms with van der Waals surface area (Å²) >= 11 is 6.10. The van der Waals surface area contributed by atoms with Gasteiger partial charge in [0.2, 0.25) is 11.8 Å². The van der Waals surface area contributed by atoms with Crippen LogP contribution in [-0.2, 0) is 16.0 Å². The van der Waals surface area contributed by atoms with E-state index in [1.165, 1.54) is 0 Å². The van der Waals surface area contributed by atoms with Crippen LogP contribution < -0.4 is 10.2 Å². The number of anilines is 2. The Morgan fingerprint density at radius 3 is 2.72 bits per heavy atom. The van der Waals surface area contributed by atoms with Crippen LogP contribution in [0.25, 0.3) is 0 Å². The van der Waals surface area contributed by atoms with E-state index < -0.39 is 0 Å². The molecule has 1 fully saturated rings. The Kier molecular flexibility index (Phi) is 5.09. The van der Waals surface area contributed by atoms with Crippen molar-refractivity contribution in [1.29, 1.82) is 0 Å². The molecule has 25 heavy (non-hydrogen) atoms. The molecular weight excluding hydrogens is 336 g/mol. The number of rotatable bonds is 4. The van der Waals surface area contributed by atoms with Gasteiger partial charge in [0.25, 0.3) is 0 Å². The van der Waals surface area contributed by atoms with Crippen LogP contribution in [0.1, 0.15) is 24.5 Å². The molecule has 1 saturated heterocycles. The van der Waals surface area contributed by atoms with Gasteiger partial charge in [-0.3, -0.25) is 9.59 Å². The van der Waals surface area contributed by atoms with Gasteiger partial charge in [0.1, 0.15) is 0 Å². The number of nitrogens with zero attached hydrogens (tertiary/aromatic N) is 1. The Morgan fingerprint density at radius 1 is 1.24 bits per heavy atom. The number of nitrogens with one attached hydrogen (secondary N) is 1. The van der Waals surface area contributed by atoms with Gasteiger partial charge in [0.15, 0.2) is 0 Å². The van der Waals surface area contributed by atoms with E-state index >= 15 is 0 Å². The molecule has 2 aromatic rings. The van der Waals surface area contributed by atoms with Gasteiger partial charge in [-0.1, -0.05) is 48.9 Å². The van der Waals surface area contributed by atoms with E-state index in [2.05, 4.69) is 12.2 Å². The smallest absolute Gasteiger partial charge is 0.229 e. The van der Waals surface area contributed by atoms with Crippen molar-refractivity contribution < 1.29 is 9.59 Å². The molecule has 4 nitrogen and oxygen atoms in total. The highest BCUT2D eigenvalue weighted by Gasteiger charge is 2.36. The predicted molar refractivity (Wildman–Crippen MR) is 101 cm³/mol. The monoisotopic (exact) mass is 356 g/mol. The number of carbonyl (C=O) groups is 2. The molecule has 2 aromatic carbocycles. The van der Waals surface area contributed by atoms with E-state index in [-0.39, 0.29) is 24.2 Å². The van der Waals surface area contributed by atoms with Crippen molar-refractivity contribution in [1.82, 2.24) is 0 Å². The highest BCUT2D eigenvalue weighted by Crippen LogP contribution is 2.32. The first-order valence-corrected chi connectivity index (χ1v) is 8.83. The molecule has 0 radical (unpaired) electrons. The van der Waals surface area contributed by atoms with Crippen LogP contribution in [0.4, 0.5) is 11.4 Å². The SMILES string of the molecule is CCc1cccc(C)c1N1CC(C(=O)Nc2ccccc2Cl)CC1=O. The number of hydrogen-bond donors (Lipinski definition) is 1. The number of aryl methyl sites for hydroxylation is 2. The number of halogens is 1. The summed E-state index contributed by atoms with van der Waals surface area (Å²) in [6.45, 7) is 4.46. The number of carbonyl (C=O) groups excluding carboxylic acids is 2. The van der Waals surface area contributed by atoms with Gasteiger partial charge in [-0.15, -0.1) is 0 Å². The van der Waals surface area contributed by atoms with Crippen LogP contribution in [0.2, 0.25) is 5.02 Å². The van der Waals surface area contributed by atoms with Crippen molar-refractivity contribution >= 4 is 34.8 Å². The fraction of sp³-hybridized carbons (Fsp3) is 0.300. The van der Waals surface area contributed by atoms with Crippen molar-refractivity contribution in [2.75, 3.05) is 16.8 Å². The minimum Gasteiger partial charge on any atom is -0.324 e. The molecule has 1 aliphatic heterocycles. The standard InChI is InChI=1S/C20H21ClN2O2/c1-3-14-8-6-7-13(2)19(14)23-12-15(11-18(23)24)20(25)22-17-10-5-4-9-16(17)21/h4-10,15H,3,11-12H2,1-2H3,(H,22,25). The topological polar surface area (TPSA) is 49.4 Å². The predicted octanol–water partition coefficient (Wildman–Crippen LogP) is 4.20. The Morgan fingerprint density at radius 2 is 2.00 bits per heavy atom. The second kappa shape index (κ2) is 7.28. The molecule has 1 unspecified atom stereocenters. The number of hydrogen-bond acceptors (Lipinski definition) is 2. The maximum atomic E-state index is 12.6.